The molecule has 6 nitrogen and oxygen atoms in total. The van der Waals surface area contributed by atoms with Crippen molar-refractivity contribution in [3.63, 3.8) is 0 Å². The molecule has 1 amide bonds. The Labute approximate surface area is 141 Å². The average Bonchev–Trinajstić information content (AvgIpc) is 2.45. The number of likely N-dealkylation sites (tertiary alicyclic amines) is 2. The Bertz CT molecular complexity index is 572. The van der Waals surface area contributed by atoms with E-state index in [1.165, 1.54) is 0 Å². The molecular weight excluding hydrogens is 316 g/mol. The molecule has 2 aliphatic rings. The summed E-state index contributed by atoms with van der Waals surface area (Å²) in [6.45, 7) is 9.06. The van der Waals surface area contributed by atoms with Crippen LogP contribution in [0.15, 0.2) is 12.4 Å². The van der Waals surface area contributed by atoms with E-state index in [9.17, 15) is 4.79 Å². The highest BCUT2D eigenvalue weighted by Crippen LogP contribution is 2.34. The van der Waals surface area contributed by atoms with Gasteiger partial charge < -0.3 is 9.64 Å². The number of aromatic nitrogens is 2. The molecule has 0 aromatic carbocycles. The third-order valence-electron chi connectivity index (χ3n) is 4.37. The van der Waals surface area contributed by atoms with Crippen LogP contribution in [0, 0.1) is 5.92 Å². The number of carbonyl (C=O) groups excluding carboxylic acids is 1. The largest absolute Gasteiger partial charge is 0.444 e. The summed E-state index contributed by atoms with van der Waals surface area (Å²) in [6, 6.07) is 0.395. The number of hydrogen-bond donors (Lipinski definition) is 0. The molecule has 2 atom stereocenters. The van der Waals surface area contributed by atoms with Gasteiger partial charge in [0.1, 0.15) is 5.60 Å². The van der Waals surface area contributed by atoms with Crippen LogP contribution in [0.4, 0.5) is 4.79 Å². The monoisotopic (exact) mass is 338 g/mol. The summed E-state index contributed by atoms with van der Waals surface area (Å²) in [7, 11) is 0. The van der Waals surface area contributed by atoms with E-state index in [1.54, 1.807) is 12.4 Å². The van der Waals surface area contributed by atoms with Gasteiger partial charge in [-0.25, -0.2) is 14.8 Å². The smallest absolute Gasteiger partial charge is 0.410 e. The third-order valence-corrected chi connectivity index (χ3v) is 4.57. The lowest BCUT2D eigenvalue weighted by molar-refractivity contribution is -0.0557. The fourth-order valence-corrected chi connectivity index (χ4v) is 3.33. The second-order valence-electron chi connectivity index (χ2n) is 7.33. The molecule has 2 fully saturated rings. The maximum Gasteiger partial charge on any atom is 0.410 e. The van der Waals surface area contributed by atoms with Gasteiger partial charge in [-0.3, -0.25) is 4.90 Å². The molecule has 0 N–H and O–H groups in total. The fourth-order valence-electron chi connectivity index (χ4n) is 3.23. The van der Waals surface area contributed by atoms with Crippen molar-refractivity contribution < 1.29 is 9.53 Å². The minimum Gasteiger partial charge on any atom is -0.444 e. The first kappa shape index (κ1) is 16.5. The zero-order valence-corrected chi connectivity index (χ0v) is 14.6. The number of carbonyl (C=O) groups is 1. The zero-order chi connectivity index (χ0) is 16.6. The van der Waals surface area contributed by atoms with Crippen LogP contribution in [-0.2, 0) is 11.3 Å². The van der Waals surface area contributed by atoms with Crippen LogP contribution < -0.4 is 0 Å². The molecule has 0 bridgehead atoms. The van der Waals surface area contributed by atoms with Gasteiger partial charge in [0.2, 0.25) is 5.28 Å². The predicted octanol–water partition coefficient (Wildman–Crippen LogP) is 2.57. The van der Waals surface area contributed by atoms with Crippen LogP contribution in [0.25, 0.3) is 0 Å². The summed E-state index contributed by atoms with van der Waals surface area (Å²) >= 11 is 5.72. The van der Waals surface area contributed by atoms with E-state index in [0.29, 0.717) is 12.0 Å². The van der Waals surface area contributed by atoms with Crippen molar-refractivity contribution in [3.8, 4) is 0 Å². The van der Waals surface area contributed by atoms with Gasteiger partial charge in [-0.2, -0.15) is 0 Å². The number of amides is 1. The van der Waals surface area contributed by atoms with Gasteiger partial charge in [0, 0.05) is 50.2 Å². The number of halogens is 1. The molecule has 23 heavy (non-hydrogen) atoms. The molecule has 0 aliphatic carbocycles. The van der Waals surface area contributed by atoms with Crippen molar-refractivity contribution in [2.75, 3.05) is 19.6 Å². The molecule has 0 radical (unpaired) electrons. The van der Waals surface area contributed by atoms with Crippen LogP contribution in [0.5, 0.6) is 0 Å². The molecular formula is C16H23ClN4O2. The van der Waals surface area contributed by atoms with E-state index in [2.05, 4.69) is 14.9 Å². The van der Waals surface area contributed by atoms with Crippen molar-refractivity contribution >= 4 is 17.7 Å². The quantitative estimate of drug-likeness (QED) is 0.776. The molecule has 0 saturated carbocycles. The van der Waals surface area contributed by atoms with Crippen molar-refractivity contribution in [3.05, 3.63) is 23.2 Å². The lowest BCUT2D eigenvalue weighted by Gasteiger charge is -2.53. The van der Waals surface area contributed by atoms with Gasteiger partial charge in [-0.1, -0.05) is 0 Å². The Morgan fingerprint density at radius 1 is 1.35 bits per heavy atom. The molecule has 1 aromatic heterocycles. The predicted molar refractivity (Wildman–Crippen MR) is 87.2 cm³/mol. The Kier molecular flexibility index (Phi) is 4.47. The Morgan fingerprint density at radius 2 is 2.04 bits per heavy atom. The Morgan fingerprint density at radius 3 is 2.70 bits per heavy atom. The summed E-state index contributed by atoms with van der Waals surface area (Å²) in [6.07, 6.45) is 4.35. The lowest BCUT2D eigenvalue weighted by atomic mass is 9.82. The number of nitrogens with zero attached hydrogens (tertiary/aromatic N) is 4. The maximum absolute atomic E-state index is 12.2. The molecule has 2 aliphatic heterocycles. The van der Waals surface area contributed by atoms with Crippen LogP contribution in [0.3, 0.4) is 0 Å². The standard InChI is InChI=1S/C16H23ClN4O2/c1-16(2,3)23-15(22)20-5-4-12-9-21(13(12)10-20)8-11-6-18-14(17)19-7-11/h6-7,12-13H,4-5,8-10H2,1-3H3/t12-,13-/m1/s1. The first-order valence-corrected chi connectivity index (χ1v) is 8.38. The Hall–Kier alpha value is -1.40. The fraction of sp³-hybridized carbons (Fsp3) is 0.688. The number of ether oxygens (including phenoxy) is 1. The molecule has 7 heteroatoms. The van der Waals surface area contributed by atoms with Gasteiger partial charge in [0.15, 0.2) is 0 Å². The second kappa shape index (κ2) is 6.24. The molecule has 126 valence electrons. The summed E-state index contributed by atoms with van der Waals surface area (Å²) in [4.78, 5) is 24.5. The minimum atomic E-state index is -0.451. The lowest BCUT2D eigenvalue weighted by Crippen LogP contribution is -2.64. The van der Waals surface area contributed by atoms with Crippen molar-refractivity contribution in [1.29, 1.82) is 0 Å². The second-order valence-corrected chi connectivity index (χ2v) is 7.67. The topological polar surface area (TPSA) is 58.6 Å². The van der Waals surface area contributed by atoms with Crippen LogP contribution in [0.2, 0.25) is 5.28 Å². The Balaban J connectivity index is 1.57. The van der Waals surface area contributed by atoms with Gasteiger partial charge in [-0.15, -0.1) is 0 Å². The average molecular weight is 339 g/mol. The first-order chi connectivity index (χ1) is 10.8. The van der Waals surface area contributed by atoms with Gasteiger partial charge in [-0.05, 0) is 44.7 Å². The van der Waals surface area contributed by atoms with Gasteiger partial charge in [0.05, 0.1) is 0 Å². The summed E-state index contributed by atoms with van der Waals surface area (Å²) in [5, 5.41) is 0.268. The molecule has 1 aromatic rings. The number of piperidine rings is 1. The minimum absolute atomic E-state index is 0.211. The first-order valence-electron chi connectivity index (χ1n) is 8.00. The van der Waals surface area contributed by atoms with Crippen molar-refractivity contribution in [2.45, 2.75) is 45.4 Å². The molecule has 0 unspecified atom stereocenters. The summed E-state index contributed by atoms with van der Waals surface area (Å²) in [5.74, 6) is 0.668. The van der Waals surface area contributed by atoms with Crippen LogP contribution in [0.1, 0.15) is 32.8 Å². The van der Waals surface area contributed by atoms with E-state index in [-0.39, 0.29) is 11.4 Å². The van der Waals surface area contributed by atoms with Crippen molar-refractivity contribution in [1.82, 2.24) is 19.8 Å². The summed E-state index contributed by atoms with van der Waals surface area (Å²) in [5.41, 5.74) is 0.593. The van der Waals surface area contributed by atoms with E-state index in [1.807, 2.05) is 25.7 Å². The number of fused-ring (bicyclic) bond motifs is 1. The summed E-state index contributed by atoms with van der Waals surface area (Å²) < 4.78 is 5.49. The van der Waals surface area contributed by atoms with Gasteiger partial charge in [0.25, 0.3) is 0 Å². The van der Waals surface area contributed by atoms with Crippen LogP contribution in [-0.4, -0.2) is 57.1 Å². The third kappa shape index (κ3) is 3.93. The van der Waals surface area contributed by atoms with Crippen LogP contribution >= 0.6 is 11.6 Å². The van der Waals surface area contributed by atoms with E-state index in [4.69, 9.17) is 16.3 Å². The normalized spacial score (nSPS) is 24.8. The highest BCUT2D eigenvalue weighted by Gasteiger charge is 2.44. The molecule has 0 spiro atoms. The zero-order valence-electron chi connectivity index (χ0n) is 13.8. The SMILES string of the molecule is CC(C)(C)OC(=O)N1CC[C@@H]2CN(Cc3cnc(Cl)nc3)[C@@H]2C1. The van der Waals surface area contributed by atoms with E-state index >= 15 is 0 Å². The van der Waals surface area contributed by atoms with E-state index < -0.39 is 5.60 Å². The van der Waals surface area contributed by atoms with E-state index in [0.717, 1.165) is 38.2 Å². The highest BCUT2D eigenvalue weighted by molar-refractivity contribution is 6.28. The molecule has 3 heterocycles. The molecule has 2 saturated heterocycles. The number of rotatable bonds is 2. The maximum atomic E-state index is 12.2. The van der Waals surface area contributed by atoms with Gasteiger partial charge >= 0.3 is 6.09 Å². The van der Waals surface area contributed by atoms with Crippen molar-refractivity contribution in [2.24, 2.45) is 5.92 Å². The number of hydrogen-bond acceptors (Lipinski definition) is 5. The molecule has 3 rings (SSSR count). The highest BCUT2D eigenvalue weighted by atomic mass is 35.5.